The minimum Gasteiger partial charge on any atom is -1.00 e. The number of benzene rings is 1. The Morgan fingerprint density at radius 3 is 2.10 bits per heavy atom. The fraction of sp³-hybridized carbons (Fsp3) is 0.556. The lowest BCUT2D eigenvalue weighted by Gasteiger charge is -2.36. The van der Waals surface area contributed by atoms with E-state index < -0.39 is 11.0 Å². The van der Waals surface area contributed by atoms with Crippen molar-refractivity contribution < 1.29 is 41.2 Å². The summed E-state index contributed by atoms with van der Waals surface area (Å²) in [4.78, 5) is 30.9. The minimum absolute atomic E-state index is 0. The molecule has 1 rings (SSSR count). The first-order valence-electron chi connectivity index (χ1n) is 9.13. The standard InChI is InChI=1S/C18H28N4O6.ClH/c1-22(10-2-8-19-14-23,11-3-9-20-15-24)12-17(25)13-28-18-6-4-16(5-7-18)21(26)27;/h4-7,14-15,17,25H,2-3,8-13H2,1H3,(H-,19,20,23,24);1H. The average molecular weight is 433 g/mol. The third-order valence-corrected chi connectivity index (χ3v) is 4.35. The summed E-state index contributed by atoms with van der Waals surface area (Å²) in [5.74, 6) is 0.448. The highest BCUT2D eigenvalue weighted by Gasteiger charge is 2.25. The monoisotopic (exact) mass is 432 g/mol. The number of aliphatic hydroxyl groups excluding tert-OH is 1. The molecule has 0 spiro atoms. The maximum Gasteiger partial charge on any atom is 0.269 e. The molecular formula is C18H29ClN4O6. The summed E-state index contributed by atoms with van der Waals surface area (Å²) < 4.78 is 6.10. The molecule has 1 aromatic rings. The van der Waals surface area contributed by atoms with E-state index in [1.807, 2.05) is 7.05 Å². The lowest BCUT2D eigenvalue weighted by molar-refractivity contribution is -0.912. The number of amides is 2. The third-order valence-electron chi connectivity index (χ3n) is 4.35. The van der Waals surface area contributed by atoms with Crippen LogP contribution in [0, 0.1) is 10.1 Å². The van der Waals surface area contributed by atoms with Crippen LogP contribution in [0.15, 0.2) is 24.3 Å². The van der Waals surface area contributed by atoms with Gasteiger partial charge in [0.1, 0.15) is 25.0 Å². The smallest absolute Gasteiger partial charge is 0.269 e. The predicted molar refractivity (Wildman–Crippen MR) is 103 cm³/mol. The maximum absolute atomic E-state index is 10.7. The number of hydrogen-bond donors (Lipinski definition) is 3. The molecule has 0 aliphatic heterocycles. The van der Waals surface area contributed by atoms with Gasteiger partial charge in [-0.05, 0) is 12.1 Å². The van der Waals surface area contributed by atoms with Crippen molar-refractivity contribution in [2.24, 2.45) is 0 Å². The third kappa shape index (κ3) is 11.2. The van der Waals surface area contributed by atoms with Crippen LogP contribution in [0.3, 0.4) is 0 Å². The molecule has 29 heavy (non-hydrogen) atoms. The Balaban J connectivity index is 0.00000784. The molecule has 2 amide bonds. The lowest BCUT2D eigenvalue weighted by Crippen LogP contribution is -3.00. The summed E-state index contributed by atoms with van der Waals surface area (Å²) in [5, 5.41) is 26.3. The second kappa shape index (κ2) is 14.6. The Morgan fingerprint density at radius 1 is 1.14 bits per heavy atom. The molecule has 1 atom stereocenters. The number of nitrogens with one attached hydrogen (secondary N) is 2. The van der Waals surface area contributed by atoms with Gasteiger partial charge in [0.2, 0.25) is 12.8 Å². The molecule has 0 aliphatic carbocycles. The number of halogens is 1. The van der Waals surface area contributed by atoms with Crippen molar-refractivity contribution in [2.45, 2.75) is 18.9 Å². The fourth-order valence-corrected chi connectivity index (χ4v) is 2.96. The van der Waals surface area contributed by atoms with Crippen LogP contribution in [0.25, 0.3) is 0 Å². The number of non-ortho nitro benzene ring substituents is 1. The van der Waals surface area contributed by atoms with Crippen molar-refractivity contribution in [2.75, 3.05) is 46.4 Å². The topological polar surface area (TPSA) is 131 Å². The number of likely N-dealkylation sites (N-methyl/N-ethyl adjacent to an activating group) is 1. The highest BCUT2D eigenvalue weighted by Crippen LogP contribution is 2.17. The summed E-state index contributed by atoms with van der Waals surface area (Å²) in [6.07, 6.45) is 2.09. The predicted octanol–water partition coefficient (Wildman–Crippen LogP) is -2.94. The van der Waals surface area contributed by atoms with Gasteiger partial charge in [-0.3, -0.25) is 19.7 Å². The average Bonchev–Trinajstić information content (AvgIpc) is 2.67. The first kappa shape index (κ1) is 26.6. The van der Waals surface area contributed by atoms with Crippen molar-refractivity contribution in [1.82, 2.24) is 10.6 Å². The molecule has 1 unspecified atom stereocenters. The number of carbonyl (C=O) groups is 2. The van der Waals surface area contributed by atoms with Crippen LogP contribution in [-0.2, 0) is 9.59 Å². The van der Waals surface area contributed by atoms with E-state index in [1.54, 1.807) is 0 Å². The second-order valence-corrected chi connectivity index (χ2v) is 6.82. The molecule has 0 saturated heterocycles. The van der Waals surface area contributed by atoms with Gasteiger partial charge in [-0.25, -0.2) is 0 Å². The van der Waals surface area contributed by atoms with Gasteiger partial charge in [-0.1, -0.05) is 0 Å². The molecule has 11 heteroatoms. The number of quaternary nitrogens is 1. The van der Waals surface area contributed by atoms with E-state index >= 15 is 0 Å². The number of nitro benzene ring substituents is 1. The van der Waals surface area contributed by atoms with Crippen LogP contribution in [0.4, 0.5) is 5.69 Å². The highest BCUT2D eigenvalue weighted by atomic mass is 35.5. The number of hydrogen-bond acceptors (Lipinski definition) is 6. The van der Waals surface area contributed by atoms with E-state index in [0.29, 0.717) is 42.7 Å². The second-order valence-electron chi connectivity index (χ2n) is 6.82. The van der Waals surface area contributed by atoms with Gasteiger partial charge >= 0.3 is 0 Å². The minimum atomic E-state index is -0.738. The zero-order chi connectivity index (χ0) is 20.8. The summed E-state index contributed by atoms with van der Waals surface area (Å²) in [6, 6.07) is 5.69. The molecule has 0 aliphatic rings. The molecule has 164 valence electrons. The zero-order valence-electron chi connectivity index (χ0n) is 16.5. The summed E-state index contributed by atoms with van der Waals surface area (Å²) in [6.45, 7) is 3.10. The number of aliphatic hydroxyl groups is 1. The van der Waals surface area contributed by atoms with Crippen molar-refractivity contribution in [3.05, 3.63) is 34.4 Å². The number of carbonyl (C=O) groups excluding carboxylic acids is 2. The molecule has 0 radical (unpaired) electrons. The van der Waals surface area contributed by atoms with E-state index in [9.17, 15) is 24.8 Å². The van der Waals surface area contributed by atoms with Crippen molar-refractivity contribution in [3.8, 4) is 5.75 Å². The zero-order valence-corrected chi connectivity index (χ0v) is 17.2. The molecule has 0 aromatic heterocycles. The number of rotatable bonds is 16. The highest BCUT2D eigenvalue weighted by molar-refractivity contribution is 5.45. The Bertz CT molecular complexity index is 601. The summed E-state index contributed by atoms with van der Waals surface area (Å²) in [5.41, 5.74) is -0.0231. The number of ether oxygens (including phenoxy) is 1. The van der Waals surface area contributed by atoms with E-state index in [1.165, 1.54) is 24.3 Å². The maximum atomic E-state index is 10.7. The molecule has 0 fully saturated rings. The molecule has 3 N–H and O–H groups in total. The number of nitro groups is 1. The fourth-order valence-electron chi connectivity index (χ4n) is 2.96. The van der Waals surface area contributed by atoms with Crippen LogP contribution in [0.1, 0.15) is 12.8 Å². The van der Waals surface area contributed by atoms with Gasteiger partial charge in [-0.15, -0.1) is 0 Å². The van der Waals surface area contributed by atoms with Crippen molar-refractivity contribution in [1.29, 1.82) is 0 Å². The Labute approximate surface area is 176 Å². The van der Waals surface area contributed by atoms with Gasteiger partial charge in [0, 0.05) is 38.1 Å². The van der Waals surface area contributed by atoms with Gasteiger partial charge in [0.25, 0.3) is 5.69 Å². The van der Waals surface area contributed by atoms with Gasteiger partial charge in [-0.2, -0.15) is 0 Å². The normalized spacial score (nSPS) is 11.7. The van der Waals surface area contributed by atoms with Crippen molar-refractivity contribution >= 4 is 18.5 Å². The first-order valence-corrected chi connectivity index (χ1v) is 9.13. The molecule has 10 nitrogen and oxygen atoms in total. The SMILES string of the molecule is C[N+](CCCNC=O)(CCCNC=O)CC(O)COc1ccc([N+](=O)[O-])cc1.[Cl-]. The van der Waals surface area contributed by atoms with E-state index in [0.717, 1.165) is 25.9 Å². The van der Waals surface area contributed by atoms with Gasteiger partial charge in [0.05, 0.1) is 25.1 Å². The van der Waals surface area contributed by atoms with Crippen LogP contribution < -0.4 is 27.8 Å². The molecule has 1 aromatic carbocycles. The Morgan fingerprint density at radius 2 is 1.66 bits per heavy atom. The van der Waals surface area contributed by atoms with Crippen LogP contribution in [0.5, 0.6) is 5.75 Å². The van der Waals surface area contributed by atoms with Crippen LogP contribution in [0.2, 0.25) is 0 Å². The largest absolute Gasteiger partial charge is 1.00 e. The van der Waals surface area contributed by atoms with Gasteiger partial charge in [0.15, 0.2) is 0 Å². The summed E-state index contributed by atoms with van der Waals surface area (Å²) in [7, 11) is 2.01. The van der Waals surface area contributed by atoms with E-state index in [4.69, 9.17) is 4.74 Å². The number of nitrogens with zero attached hydrogens (tertiary/aromatic N) is 2. The summed E-state index contributed by atoms with van der Waals surface area (Å²) >= 11 is 0. The van der Waals surface area contributed by atoms with Gasteiger partial charge < -0.3 is 37.4 Å². The lowest BCUT2D eigenvalue weighted by atomic mass is 10.2. The van der Waals surface area contributed by atoms with Crippen LogP contribution in [-0.4, -0.2) is 79.8 Å². The molecular weight excluding hydrogens is 404 g/mol. The molecule has 0 saturated carbocycles. The Hall–Kier alpha value is -2.43. The molecule has 0 heterocycles. The quantitative estimate of drug-likeness (QED) is 0.0842. The van der Waals surface area contributed by atoms with Crippen LogP contribution >= 0.6 is 0 Å². The first-order chi connectivity index (χ1) is 13.4. The van der Waals surface area contributed by atoms with E-state index in [-0.39, 0.29) is 24.7 Å². The van der Waals surface area contributed by atoms with E-state index in [2.05, 4.69) is 10.6 Å². The Kier molecular flexibility index (Phi) is 13.3. The van der Waals surface area contributed by atoms with Crippen molar-refractivity contribution in [3.63, 3.8) is 0 Å². The molecule has 0 bridgehead atoms.